The van der Waals surface area contributed by atoms with E-state index in [-0.39, 0.29) is 22.8 Å². The molecule has 0 unspecified atom stereocenters. The lowest BCUT2D eigenvalue weighted by molar-refractivity contribution is -0.648. The molecule has 0 saturated carbocycles. The number of pyridine rings is 2. The SMILES string of the molecule is C=CC[n+]1c(N)c(C(=O)NCC)cc2c(=O)n3cccc(C)c3nc21. The van der Waals surface area contributed by atoms with Crippen molar-refractivity contribution in [1.82, 2.24) is 14.7 Å². The Balaban J connectivity index is 2.49. The molecule has 0 aromatic carbocycles. The number of nitrogen functional groups attached to an aromatic ring is 1. The second kappa shape index (κ2) is 6.35. The number of rotatable bonds is 4. The number of anilines is 1. The molecule has 3 aromatic rings. The number of hydrogen-bond donors (Lipinski definition) is 2. The molecule has 7 nitrogen and oxygen atoms in total. The van der Waals surface area contributed by atoms with Crippen LogP contribution in [0.15, 0.2) is 41.8 Å². The minimum Gasteiger partial charge on any atom is -0.352 e. The van der Waals surface area contributed by atoms with Crippen LogP contribution in [0.4, 0.5) is 5.82 Å². The van der Waals surface area contributed by atoms with Gasteiger partial charge in [-0.1, -0.05) is 23.7 Å². The van der Waals surface area contributed by atoms with E-state index in [9.17, 15) is 9.59 Å². The second-order valence-electron chi connectivity index (χ2n) is 5.74. The number of allylic oxidation sites excluding steroid dienone is 1. The molecule has 3 rings (SSSR count). The smallest absolute Gasteiger partial charge is 0.278 e. The Kier molecular flexibility index (Phi) is 4.22. The van der Waals surface area contributed by atoms with Crippen molar-refractivity contribution < 1.29 is 9.36 Å². The lowest BCUT2D eigenvalue weighted by Crippen LogP contribution is -2.42. The third-order valence-electron chi connectivity index (χ3n) is 4.07. The van der Waals surface area contributed by atoms with Crippen molar-refractivity contribution in [2.75, 3.05) is 12.3 Å². The Hall–Kier alpha value is -3.22. The maximum absolute atomic E-state index is 13.0. The van der Waals surface area contributed by atoms with Crippen molar-refractivity contribution in [2.24, 2.45) is 0 Å². The average Bonchev–Trinajstić information content (AvgIpc) is 2.59. The first kappa shape index (κ1) is 16.6. The molecule has 0 aliphatic rings. The number of aromatic nitrogens is 3. The monoisotopic (exact) mass is 338 g/mol. The van der Waals surface area contributed by atoms with Gasteiger partial charge in [0.2, 0.25) is 11.5 Å². The van der Waals surface area contributed by atoms with Gasteiger partial charge in [-0.3, -0.25) is 14.0 Å². The summed E-state index contributed by atoms with van der Waals surface area (Å²) in [4.78, 5) is 29.9. The summed E-state index contributed by atoms with van der Waals surface area (Å²) in [6.07, 6.45) is 3.32. The van der Waals surface area contributed by atoms with Crippen LogP contribution in [0.1, 0.15) is 22.8 Å². The molecule has 3 N–H and O–H groups in total. The molecular weight excluding hydrogens is 318 g/mol. The van der Waals surface area contributed by atoms with Gasteiger partial charge in [0, 0.05) is 18.3 Å². The van der Waals surface area contributed by atoms with Crippen molar-refractivity contribution in [2.45, 2.75) is 20.4 Å². The highest BCUT2D eigenvalue weighted by Crippen LogP contribution is 2.15. The number of carbonyl (C=O) groups excluding carboxylic acids is 1. The third kappa shape index (κ3) is 2.63. The fourth-order valence-corrected chi connectivity index (χ4v) is 2.86. The van der Waals surface area contributed by atoms with E-state index in [0.717, 1.165) is 5.56 Å². The predicted octanol–water partition coefficient (Wildman–Crippen LogP) is 0.962. The van der Waals surface area contributed by atoms with Gasteiger partial charge in [-0.2, -0.15) is 0 Å². The molecule has 0 radical (unpaired) electrons. The van der Waals surface area contributed by atoms with Crippen LogP contribution in [0, 0.1) is 6.92 Å². The molecule has 7 heteroatoms. The fraction of sp³-hybridized carbons (Fsp3) is 0.222. The summed E-state index contributed by atoms with van der Waals surface area (Å²) in [7, 11) is 0. The zero-order chi connectivity index (χ0) is 18.1. The Bertz CT molecular complexity index is 1070. The number of amides is 1. The Morgan fingerprint density at radius 1 is 1.52 bits per heavy atom. The van der Waals surface area contributed by atoms with Gasteiger partial charge in [-0.25, -0.2) is 4.57 Å². The van der Waals surface area contributed by atoms with Crippen LogP contribution in [0.3, 0.4) is 0 Å². The quantitative estimate of drug-likeness (QED) is 0.421. The average molecular weight is 338 g/mol. The van der Waals surface area contributed by atoms with Crippen molar-refractivity contribution in [3.05, 3.63) is 58.5 Å². The standard InChI is InChI=1S/C18H19N5O2/c1-4-8-22-14(19)12(17(24)20-5-2)10-13-16(22)21-15-11(3)7-6-9-23(15)18(13)25/h4,6-7,9-10,19H,1,5,8H2,2-3H3,(H,20,24)/p+1. The summed E-state index contributed by atoms with van der Waals surface area (Å²) in [5, 5.41) is 3.05. The van der Waals surface area contributed by atoms with Gasteiger partial charge in [-0.15, -0.1) is 0 Å². The summed E-state index contributed by atoms with van der Waals surface area (Å²) < 4.78 is 3.12. The first-order valence-electron chi connectivity index (χ1n) is 8.02. The minimum absolute atomic E-state index is 0.243. The van der Waals surface area contributed by atoms with Crippen molar-refractivity contribution in [3.8, 4) is 0 Å². The predicted molar refractivity (Wildman–Crippen MR) is 96.5 cm³/mol. The Morgan fingerprint density at radius 3 is 2.96 bits per heavy atom. The molecule has 0 aliphatic carbocycles. The molecule has 25 heavy (non-hydrogen) atoms. The van der Waals surface area contributed by atoms with Gasteiger partial charge in [-0.05, 0) is 26.0 Å². The summed E-state index contributed by atoms with van der Waals surface area (Å²) in [5.41, 5.74) is 8.08. The van der Waals surface area contributed by atoms with Gasteiger partial charge >= 0.3 is 0 Å². The molecule has 1 amide bonds. The highest BCUT2D eigenvalue weighted by molar-refractivity contribution is 6.00. The van der Waals surface area contributed by atoms with Gasteiger partial charge < -0.3 is 11.1 Å². The van der Waals surface area contributed by atoms with Gasteiger partial charge in [0.1, 0.15) is 10.9 Å². The van der Waals surface area contributed by atoms with Gasteiger partial charge in [0.05, 0.1) is 6.54 Å². The van der Waals surface area contributed by atoms with E-state index in [1.807, 2.05) is 19.9 Å². The Morgan fingerprint density at radius 2 is 2.28 bits per heavy atom. The number of carbonyl (C=O) groups is 1. The first-order chi connectivity index (χ1) is 12.0. The van der Waals surface area contributed by atoms with E-state index >= 15 is 0 Å². The molecule has 0 bridgehead atoms. The highest BCUT2D eigenvalue weighted by atomic mass is 16.1. The molecule has 3 aromatic heterocycles. The van der Waals surface area contributed by atoms with Crippen LogP contribution >= 0.6 is 0 Å². The van der Waals surface area contributed by atoms with Crippen LogP contribution in [0.2, 0.25) is 0 Å². The fourth-order valence-electron chi connectivity index (χ4n) is 2.86. The molecule has 0 saturated heterocycles. The zero-order valence-electron chi connectivity index (χ0n) is 14.2. The number of nitrogens with one attached hydrogen (secondary N) is 1. The van der Waals surface area contributed by atoms with Gasteiger partial charge in [0.15, 0.2) is 0 Å². The van der Waals surface area contributed by atoms with Crippen LogP contribution in [0.25, 0.3) is 16.7 Å². The number of nitrogens with zero attached hydrogens (tertiary/aromatic N) is 3. The summed E-state index contributed by atoms with van der Waals surface area (Å²) in [5.74, 6) is -0.0726. The maximum Gasteiger partial charge on any atom is 0.278 e. The lowest BCUT2D eigenvalue weighted by Gasteiger charge is -2.11. The number of aryl methyl sites for hydroxylation is 1. The van der Waals surface area contributed by atoms with Crippen LogP contribution in [-0.2, 0) is 6.54 Å². The van der Waals surface area contributed by atoms with Gasteiger partial charge in [0.25, 0.3) is 17.1 Å². The van der Waals surface area contributed by atoms with Crippen molar-refractivity contribution >= 4 is 28.4 Å². The van der Waals surface area contributed by atoms with E-state index in [4.69, 9.17) is 5.73 Å². The van der Waals surface area contributed by atoms with Crippen LogP contribution in [0.5, 0.6) is 0 Å². The number of hydrogen-bond acceptors (Lipinski definition) is 4. The normalized spacial score (nSPS) is 11.0. The zero-order valence-corrected chi connectivity index (χ0v) is 14.2. The molecule has 0 aliphatic heterocycles. The summed E-state index contributed by atoms with van der Waals surface area (Å²) in [6.45, 7) is 8.24. The van der Waals surface area contributed by atoms with E-state index < -0.39 is 0 Å². The van der Waals surface area contributed by atoms with Crippen molar-refractivity contribution in [3.63, 3.8) is 0 Å². The van der Waals surface area contributed by atoms with Crippen molar-refractivity contribution in [1.29, 1.82) is 0 Å². The molecule has 128 valence electrons. The van der Waals surface area contributed by atoms with Crippen LogP contribution in [-0.4, -0.2) is 21.8 Å². The van der Waals surface area contributed by atoms with E-state index in [0.29, 0.717) is 29.8 Å². The highest BCUT2D eigenvalue weighted by Gasteiger charge is 2.23. The molecule has 0 fully saturated rings. The largest absolute Gasteiger partial charge is 0.352 e. The molecule has 0 atom stereocenters. The first-order valence-corrected chi connectivity index (χ1v) is 8.02. The van der Waals surface area contributed by atoms with E-state index in [1.165, 1.54) is 10.5 Å². The maximum atomic E-state index is 13.0. The lowest BCUT2D eigenvalue weighted by atomic mass is 10.1. The van der Waals surface area contributed by atoms with E-state index in [1.54, 1.807) is 22.9 Å². The number of nitrogens with two attached hydrogens (primary N) is 1. The molecule has 0 spiro atoms. The molecule has 3 heterocycles. The number of fused-ring (bicyclic) bond motifs is 2. The Labute approximate surface area is 144 Å². The topological polar surface area (TPSA) is 93.4 Å². The molecular formula is C18H20N5O2+. The second-order valence-corrected chi connectivity index (χ2v) is 5.74. The minimum atomic E-state index is -0.326. The summed E-state index contributed by atoms with van der Waals surface area (Å²) >= 11 is 0. The van der Waals surface area contributed by atoms with Crippen LogP contribution < -0.4 is 21.2 Å². The summed E-state index contributed by atoms with van der Waals surface area (Å²) in [6, 6.07) is 5.19. The third-order valence-corrected chi connectivity index (χ3v) is 4.07. The van der Waals surface area contributed by atoms with E-state index in [2.05, 4.69) is 16.9 Å².